The highest BCUT2D eigenvalue weighted by atomic mass is 16.3. The van der Waals surface area contributed by atoms with Crippen molar-refractivity contribution in [2.24, 2.45) is 0 Å². The molecule has 0 saturated heterocycles. The molecular formula is C13H14N2O2. The molecule has 0 radical (unpaired) electrons. The van der Waals surface area contributed by atoms with Gasteiger partial charge < -0.3 is 15.5 Å². The fourth-order valence-corrected chi connectivity index (χ4v) is 1.48. The molecule has 2 rings (SSSR count). The van der Waals surface area contributed by atoms with Gasteiger partial charge in [-0.3, -0.25) is 4.79 Å². The van der Waals surface area contributed by atoms with E-state index in [2.05, 4.69) is 5.32 Å². The lowest BCUT2D eigenvalue weighted by molar-refractivity contribution is 0.0995. The molecule has 0 aliphatic heterocycles. The second-order valence-corrected chi connectivity index (χ2v) is 3.66. The first-order chi connectivity index (χ1) is 8.20. The predicted molar refractivity (Wildman–Crippen MR) is 66.9 cm³/mol. The molecule has 1 aromatic heterocycles. The molecule has 2 aromatic rings. The maximum absolute atomic E-state index is 11.8. The summed E-state index contributed by atoms with van der Waals surface area (Å²) in [5, 5.41) is 2.71. The van der Waals surface area contributed by atoms with E-state index in [1.165, 1.54) is 0 Å². The largest absolute Gasteiger partial charge is 0.456 e. The van der Waals surface area contributed by atoms with E-state index >= 15 is 0 Å². The number of para-hydroxylation sites is 2. The number of carbonyl (C=O) groups is 1. The van der Waals surface area contributed by atoms with Gasteiger partial charge in [0.2, 0.25) is 0 Å². The summed E-state index contributed by atoms with van der Waals surface area (Å²) in [7, 11) is 0. The summed E-state index contributed by atoms with van der Waals surface area (Å²) < 4.78 is 5.35. The molecular weight excluding hydrogens is 216 g/mol. The second-order valence-electron chi connectivity index (χ2n) is 3.66. The molecule has 17 heavy (non-hydrogen) atoms. The number of hydrogen-bond donors (Lipinski definition) is 2. The number of furan rings is 1. The van der Waals surface area contributed by atoms with Gasteiger partial charge in [0.25, 0.3) is 5.91 Å². The lowest BCUT2D eigenvalue weighted by atomic mass is 10.2. The van der Waals surface area contributed by atoms with Crippen LogP contribution in [-0.2, 0) is 6.42 Å². The Morgan fingerprint density at radius 2 is 2.06 bits per heavy atom. The highest BCUT2D eigenvalue weighted by molar-refractivity contribution is 6.03. The fourth-order valence-electron chi connectivity index (χ4n) is 1.48. The van der Waals surface area contributed by atoms with Crippen molar-refractivity contribution in [1.82, 2.24) is 0 Å². The van der Waals surface area contributed by atoms with Crippen molar-refractivity contribution < 1.29 is 9.21 Å². The monoisotopic (exact) mass is 230 g/mol. The van der Waals surface area contributed by atoms with Crippen molar-refractivity contribution in [3.8, 4) is 0 Å². The van der Waals surface area contributed by atoms with Crippen LogP contribution in [0, 0.1) is 0 Å². The summed E-state index contributed by atoms with van der Waals surface area (Å²) >= 11 is 0. The summed E-state index contributed by atoms with van der Waals surface area (Å²) in [6, 6.07) is 10.6. The standard InChI is InChI=1S/C13H14N2O2/c1-2-9-7-8-12(17-9)13(16)15-11-6-4-3-5-10(11)14/h3-8H,2,14H2,1H3,(H,15,16). The third-order valence-corrected chi connectivity index (χ3v) is 2.44. The Hall–Kier alpha value is -2.23. The van der Waals surface area contributed by atoms with Crippen LogP contribution in [0.3, 0.4) is 0 Å². The summed E-state index contributed by atoms with van der Waals surface area (Å²) in [4.78, 5) is 11.8. The van der Waals surface area contributed by atoms with Crippen molar-refractivity contribution in [1.29, 1.82) is 0 Å². The minimum absolute atomic E-state index is 0.289. The number of nitrogen functional groups attached to an aromatic ring is 1. The molecule has 1 aromatic carbocycles. The summed E-state index contributed by atoms with van der Waals surface area (Å²) in [5.41, 5.74) is 6.85. The number of aryl methyl sites for hydroxylation is 1. The SMILES string of the molecule is CCc1ccc(C(=O)Nc2ccccc2N)o1. The number of anilines is 2. The van der Waals surface area contributed by atoms with Gasteiger partial charge in [-0.2, -0.15) is 0 Å². The average Bonchev–Trinajstić information content (AvgIpc) is 2.81. The molecule has 0 saturated carbocycles. The van der Waals surface area contributed by atoms with E-state index in [1.54, 1.807) is 24.3 Å². The number of nitrogens with two attached hydrogens (primary N) is 1. The molecule has 0 spiro atoms. The lowest BCUT2D eigenvalue weighted by Gasteiger charge is -2.05. The van der Waals surface area contributed by atoms with Gasteiger partial charge in [0.15, 0.2) is 5.76 Å². The average molecular weight is 230 g/mol. The van der Waals surface area contributed by atoms with Gasteiger partial charge in [-0.1, -0.05) is 19.1 Å². The van der Waals surface area contributed by atoms with Crippen LogP contribution < -0.4 is 11.1 Å². The Morgan fingerprint density at radius 1 is 1.29 bits per heavy atom. The van der Waals surface area contributed by atoms with Crippen molar-refractivity contribution >= 4 is 17.3 Å². The first-order valence-electron chi connectivity index (χ1n) is 5.45. The highest BCUT2D eigenvalue weighted by Crippen LogP contribution is 2.18. The molecule has 3 N–H and O–H groups in total. The van der Waals surface area contributed by atoms with Gasteiger partial charge in [0, 0.05) is 6.42 Å². The topological polar surface area (TPSA) is 68.3 Å². The van der Waals surface area contributed by atoms with Crippen molar-refractivity contribution in [3.05, 3.63) is 47.9 Å². The van der Waals surface area contributed by atoms with Crippen LogP contribution in [-0.4, -0.2) is 5.91 Å². The van der Waals surface area contributed by atoms with E-state index in [0.717, 1.165) is 12.2 Å². The predicted octanol–water partition coefficient (Wildman–Crippen LogP) is 2.68. The molecule has 4 heteroatoms. The molecule has 88 valence electrons. The number of rotatable bonds is 3. The first-order valence-corrected chi connectivity index (χ1v) is 5.45. The zero-order valence-electron chi connectivity index (χ0n) is 9.57. The van der Waals surface area contributed by atoms with Gasteiger partial charge in [-0.15, -0.1) is 0 Å². The minimum Gasteiger partial charge on any atom is -0.456 e. The molecule has 4 nitrogen and oxygen atoms in total. The first kappa shape index (κ1) is 11.3. The Labute approximate surface area is 99.4 Å². The molecule has 1 amide bonds. The number of hydrogen-bond acceptors (Lipinski definition) is 3. The maximum atomic E-state index is 11.8. The van der Waals surface area contributed by atoms with Gasteiger partial charge in [-0.05, 0) is 24.3 Å². The van der Waals surface area contributed by atoms with E-state index in [-0.39, 0.29) is 5.91 Å². The van der Waals surface area contributed by atoms with Crippen molar-refractivity contribution in [3.63, 3.8) is 0 Å². The molecule has 0 atom stereocenters. The Kier molecular flexibility index (Phi) is 3.14. The minimum atomic E-state index is -0.289. The van der Waals surface area contributed by atoms with Crippen LogP contribution in [0.4, 0.5) is 11.4 Å². The second kappa shape index (κ2) is 4.74. The van der Waals surface area contributed by atoms with Crippen LogP contribution in [0.5, 0.6) is 0 Å². The van der Waals surface area contributed by atoms with Crippen molar-refractivity contribution in [2.45, 2.75) is 13.3 Å². The highest BCUT2D eigenvalue weighted by Gasteiger charge is 2.11. The summed E-state index contributed by atoms with van der Waals surface area (Å²) in [5.74, 6) is 0.795. The van der Waals surface area contributed by atoms with E-state index in [4.69, 9.17) is 10.2 Å². The molecule has 0 aliphatic rings. The van der Waals surface area contributed by atoms with Gasteiger partial charge in [-0.25, -0.2) is 0 Å². The van der Waals surface area contributed by atoms with Crippen LogP contribution in [0.2, 0.25) is 0 Å². The maximum Gasteiger partial charge on any atom is 0.291 e. The Bertz CT molecular complexity index is 532. The van der Waals surface area contributed by atoms with Crippen LogP contribution >= 0.6 is 0 Å². The Balaban J connectivity index is 2.14. The van der Waals surface area contributed by atoms with E-state index in [1.807, 2.05) is 19.1 Å². The number of nitrogens with one attached hydrogen (secondary N) is 1. The van der Waals surface area contributed by atoms with E-state index in [0.29, 0.717) is 17.1 Å². The number of carbonyl (C=O) groups excluding carboxylic acids is 1. The number of amides is 1. The van der Waals surface area contributed by atoms with Crippen LogP contribution in [0.15, 0.2) is 40.8 Å². The lowest BCUT2D eigenvalue weighted by Crippen LogP contribution is -2.12. The van der Waals surface area contributed by atoms with Gasteiger partial charge in [0.05, 0.1) is 11.4 Å². The van der Waals surface area contributed by atoms with E-state index < -0.39 is 0 Å². The Morgan fingerprint density at radius 3 is 2.71 bits per heavy atom. The molecule has 0 unspecified atom stereocenters. The van der Waals surface area contributed by atoms with Crippen LogP contribution in [0.25, 0.3) is 0 Å². The molecule has 1 heterocycles. The van der Waals surface area contributed by atoms with Crippen LogP contribution in [0.1, 0.15) is 23.2 Å². The molecule has 0 aliphatic carbocycles. The molecule has 0 fully saturated rings. The quantitative estimate of drug-likeness (QED) is 0.796. The third-order valence-electron chi connectivity index (χ3n) is 2.44. The zero-order chi connectivity index (χ0) is 12.3. The zero-order valence-corrected chi connectivity index (χ0v) is 9.57. The summed E-state index contributed by atoms with van der Waals surface area (Å²) in [6.45, 7) is 1.97. The summed E-state index contributed by atoms with van der Waals surface area (Å²) in [6.07, 6.45) is 0.765. The fraction of sp³-hybridized carbons (Fsp3) is 0.154. The third kappa shape index (κ3) is 2.47. The number of benzene rings is 1. The molecule has 0 bridgehead atoms. The van der Waals surface area contributed by atoms with Gasteiger partial charge >= 0.3 is 0 Å². The van der Waals surface area contributed by atoms with E-state index in [9.17, 15) is 4.79 Å². The van der Waals surface area contributed by atoms with Gasteiger partial charge in [0.1, 0.15) is 5.76 Å². The normalized spacial score (nSPS) is 10.2. The smallest absolute Gasteiger partial charge is 0.291 e. The van der Waals surface area contributed by atoms with Crippen molar-refractivity contribution in [2.75, 3.05) is 11.1 Å².